The summed E-state index contributed by atoms with van der Waals surface area (Å²) >= 11 is 0. The van der Waals surface area contributed by atoms with Crippen LogP contribution in [-0.2, 0) is 29.6 Å². The van der Waals surface area contributed by atoms with Crippen molar-refractivity contribution in [3.05, 3.63) is 70.8 Å². The lowest BCUT2D eigenvalue weighted by molar-refractivity contribution is -0.123. The topological polar surface area (TPSA) is 32.3 Å². The van der Waals surface area contributed by atoms with Gasteiger partial charge < -0.3 is 10.2 Å². The van der Waals surface area contributed by atoms with E-state index in [0.29, 0.717) is 6.54 Å². The summed E-state index contributed by atoms with van der Waals surface area (Å²) in [6.07, 6.45) is 5.27. The molecule has 0 aromatic heterocycles. The van der Waals surface area contributed by atoms with Gasteiger partial charge in [-0.1, -0.05) is 61.9 Å². The molecule has 27 heavy (non-hydrogen) atoms. The number of aryl methyl sites for hydroxylation is 1. The van der Waals surface area contributed by atoms with Gasteiger partial charge in [0, 0.05) is 12.8 Å². The number of nitrogens with zero attached hydrogens (tertiary/aromatic N) is 1. The molecule has 1 amide bonds. The average Bonchev–Trinajstić information content (AvgIpc) is 2.98. The molecule has 0 spiro atoms. The van der Waals surface area contributed by atoms with E-state index in [0.717, 1.165) is 19.3 Å². The Morgan fingerprint density at radius 3 is 2.15 bits per heavy atom. The highest BCUT2D eigenvalue weighted by atomic mass is 35.5. The predicted octanol–water partition coefficient (Wildman–Crippen LogP) is 4.12. The first-order valence-corrected chi connectivity index (χ1v) is 9.64. The van der Waals surface area contributed by atoms with E-state index in [-0.39, 0.29) is 23.9 Å². The number of nitrogens with one attached hydrogen (secondary N) is 1. The van der Waals surface area contributed by atoms with E-state index in [9.17, 15) is 4.79 Å². The number of fused-ring (bicyclic) bond motifs is 1. The van der Waals surface area contributed by atoms with Gasteiger partial charge in [-0.25, -0.2) is 0 Å². The maximum atomic E-state index is 12.6. The van der Waals surface area contributed by atoms with Crippen molar-refractivity contribution in [3.8, 4) is 0 Å². The van der Waals surface area contributed by atoms with E-state index in [1.54, 1.807) is 0 Å². The van der Waals surface area contributed by atoms with Crippen LogP contribution in [0.15, 0.2) is 48.5 Å². The molecule has 1 N–H and O–H groups in total. The summed E-state index contributed by atoms with van der Waals surface area (Å²) in [6.45, 7) is 2.63. The van der Waals surface area contributed by atoms with Crippen LogP contribution in [0.2, 0.25) is 0 Å². The van der Waals surface area contributed by atoms with Gasteiger partial charge in [0.25, 0.3) is 0 Å². The van der Waals surface area contributed by atoms with Crippen molar-refractivity contribution in [1.82, 2.24) is 10.2 Å². The molecule has 0 atom stereocenters. The summed E-state index contributed by atoms with van der Waals surface area (Å²) in [5.74, 6) is 0.0814. The second-order valence-corrected chi connectivity index (χ2v) is 7.79. The van der Waals surface area contributed by atoms with Crippen LogP contribution in [0.3, 0.4) is 0 Å². The zero-order valence-corrected chi connectivity index (χ0v) is 17.4. The normalized spacial score (nSPS) is 14.5. The molecule has 1 aliphatic rings. The zero-order chi connectivity index (χ0) is 18.6. The number of likely N-dealkylation sites (N-methyl/N-ethyl adjacent to an activating group) is 1. The molecule has 0 unspecified atom stereocenters. The zero-order valence-electron chi connectivity index (χ0n) is 16.6. The lowest BCUT2D eigenvalue weighted by Crippen LogP contribution is -2.49. The monoisotopic (exact) mass is 386 g/mol. The fourth-order valence-corrected chi connectivity index (χ4v) is 3.94. The summed E-state index contributed by atoms with van der Waals surface area (Å²) in [7, 11) is 3.86. The van der Waals surface area contributed by atoms with Crippen molar-refractivity contribution in [2.24, 2.45) is 0 Å². The Morgan fingerprint density at radius 2 is 1.63 bits per heavy atom. The van der Waals surface area contributed by atoms with Gasteiger partial charge in [0.1, 0.15) is 0 Å². The molecule has 0 aliphatic heterocycles. The largest absolute Gasteiger partial charge is 0.345 e. The van der Waals surface area contributed by atoms with E-state index >= 15 is 0 Å². The molecule has 3 nitrogen and oxygen atoms in total. The molecule has 3 rings (SSSR count). The van der Waals surface area contributed by atoms with E-state index < -0.39 is 0 Å². The SMILES string of the molecule is CCCCc1ccc(C2(NC(=O)CN(C)C)Cc3ccccc3C2)cc1.Cl. The Balaban J connectivity index is 0.00000261. The number of hydrogen-bond acceptors (Lipinski definition) is 2. The number of halogens is 1. The van der Waals surface area contributed by atoms with Crippen LogP contribution in [-0.4, -0.2) is 31.4 Å². The molecule has 4 heteroatoms. The molecule has 0 radical (unpaired) electrons. The smallest absolute Gasteiger partial charge is 0.234 e. The first-order chi connectivity index (χ1) is 12.5. The molecule has 0 heterocycles. The Kier molecular flexibility index (Phi) is 7.46. The van der Waals surface area contributed by atoms with Gasteiger partial charge in [0.2, 0.25) is 5.91 Å². The third kappa shape index (κ3) is 5.12. The highest BCUT2D eigenvalue weighted by Crippen LogP contribution is 2.38. The third-order valence-corrected chi connectivity index (χ3v) is 5.27. The second-order valence-electron chi connectivity index (χ2n) is 7.79. The Morgan fingerprint density at radius 1 is 1.04 bits per heavy atom. The minimum absolute atomic E-state index is 0. The molecule has 146 valence electrons. The van der Waals surface area contributed by atoms with Crippen LogP contribution < -0.4 is 5.32 Å². The van der Waals surface area contributed by atoms with E-state index in [2.05, 4.69) is 60.8 Å². The first-order valence-electron chi connectivity index (χ1n) is 9.64. The number of benzene rings is 2. The van der Waals surface area contributed by atoms with Crippen molar-refractivity contribution < 1.29 is 4.79 Å². The van der Waals surface area contributed by atoms with Gasteiger partial charge in [0.15, 0.2) is 0 Å². The molecule has 0 saturated carbocycles. The predicted molar refractivity (Wildman–Crippen MR) is 115 cm³/mol. The van der Waals surface area contributed by atoms with Crippen LogP contribution in [0.4, 0.5) is 0 Å². The maximum absolute atomic E-state index is 12.6. The Hall–Kier alpha value is -1.84. The van der Waals surface area contributed by atoms with Crippen LogP contribution in [0.25, 0.3) is 0 Å². The molecule has 2 aromatic rings. The van der Waals surface area contributed by atoms with Gasteiger partial charge in [0.05, 0.1) is 12.1 Å². The number of rotatable bonds is 7. The highest BCUT2D eigenvalue weighted by molar-refractivity contribution is 5.85. The van der Waals surface area contributed by atoms with Crippen LogP contribution in [0.5, 0.6) is 0 Å². The fourth-order valence-electron chi connectivity index (χ4n) is 3.94. The minimum atomic E-state index is -0.333. The van der Waals surface area contributed by atoms with Crippen LogP contribution in [0.1, 0.15) is 42.0 Å². The first kappa shape index (κ1) is 21.5. The summed E-state index contributed by atoms with van der Waals surface area (Å²) in [4.78, 5) is 14.5. The Labute approximate surface area is 169 Å². The van der Waals surface area contributed by atoms with Crippen LogP contribution >= 0.6 is 12.4 Å². The molecular formula is C23H31ClN2O. The van der Waals surface area contributed by atoms with Crippen molar-refractivity contribution in [1.29, 1.82) is 0 Å². The minimum Gasteiger partial charge on any atom is -0.345 e. The van der Waals surface area contributed by atoms with Crippen LogP contribution in [0, 0.1) is 0 Å². The van der Waals surface area contributed by atoms with E-state index in [1.807, 2.05) is 19.0 Å². The number of carbonyl (C=O) groups is 1. The van der Waals surface area contributed by atoms with E-state index in [1.165, 1.54) is 35.1 Å². The summed E-state index contributed by atoms with van der Waals surface area (Å²) in [6, 6.07) is 17.4. The summed E-state index contributed by atoms with van der Waals surface area (Å²) < 4.78 is 0. The number of amides is 1. The van der Waals surface area contributed by atoms with Crippen molar-refractivity contribution in [2.45, 2.75) is 44.6 Å². The highest BCUT2D eigenvalue weighted by Gasteiger charge is 2.39. The van der Waals surface area contributed by atoms with Gasteiger partial charge in [-0.05, 0) is 49.2 Å². The Bertz CT molecular complexity index is 730. The molecule has 1 aliphatic carbocycles. The van der Waals surface area contributed by atoms with Gasteiger partial charge in [-0.2, -0.15) is 0 Å². The van der Waals surface area contributed by atoms with Crippen molar-refractivity contribution in [2.75, 3.05) is 20.6 Å². The van der Waals surface area contributed by atoms with Gasteiger partial charge >= 0.3 is 0 Å². The fraction of sp³-hybridized carbons (Fsp3) is 0.435. The molecule has 2 aromatic carbocycles. The van der Waals surface area contributed by atoms with Gasteiger partial charge in [-0.3, -0.25) is 4.79 Å². The second kappa shape index (κ2) is 9.38. The maximum Gasteiger partial charge on any atom is 0.234 e. The van der Waals surface area contributed by atoms with Gasteiger partial charge in [-0.15, -0.1) is 12.4 Å². The third-order valence-electron chi connectivity index (χ3n) is 5.27. The lowest BCUT2D eigenvalue weighted by Gasteiger charge is -2.32. The summed E-state index contributed by atoms with van der Waals surface area (Å²) in [5.41, 5.74) is 4.93. The number of unbranched alkanes of at least 4 members (excludes halogenated alkanes) is 1. The van der Waals surface area contributed by atoms with Crippen molar-refractivity contribution >= 4 is 18.3 Å². The summed E-state index contributed by atoms with van der Waals surface area (Å²) in [5, 5.41) is 3.37. The quantitative estimate of drug-likeness (QED) is 0.776. The molecule has 0 bridgehead atoms. The lowest BCUT2D eigenvalue weighted by atomic mass is 9.86. The average molecular weight is 387 g/mol. The molecule has 0 fully saturated rings. The molecular weight excluding hydrogens is 356 g/mol. The standard InChI is InChI=1S/C23H30N2O.ClH/c1-4-5-8-18-11-13-21(14-12-18)23(24-22(26)17-25(2)3)15-19-9-6-7-10-20(19)16-23;/h6-7,9-14H,4-5,8,15-17H2,1-3H3,(H,24,26);1H. The number of carbonyl (C=O) groups excluding carboxylic acids is 1. The van der Waals surface area contributed by atoms with Crippen molar-refractivity contribution in [3.63, 3.8) is 0 Å². The van der Waals surface area contributed by atoms with E-state index in [4.69, 9.17) is 0 Å². The number of hydrogen-bond donors (Lipinski definition) is 1. The molecule has 0 saturated heterocycles.